The van der Waals surface area contributed by atoms with Gasteiger partial charge in [-0.05, 0) is 19.3 Å². The Labute approximate surface area is 127 Å². The molecule has 0 aromatic carbocycles. The number of aromatic nitrogens is 1. The zero-order chi connectivity index (χ0) is 14.8. The summed E-state index contributed by atoms with van der Waals surface area (Å²) in [5, 5.41) is 12.2. The Morgan fingerprint density at radius 2 is 2.29 bits per heavy atom. The number of thiazole rings is 1. The number of likely N-dealkylation sites (tertiary alicyclic amines) is 1. The van der Waals surface area contributed by atoms with Gasteiger partial charge in [0, 0.05) is 31.4 Å². The van der Waals surface area contributed by atoms with Crippen molar-refractivity contribution in [1.82, 2.24) is 9.88 Å². The monoisotopic (exact) mass is 309 g/mol. The number of hydrogen-bond donors (Lipinski definition) is 1. The third-order valence-electron chi connectivity index (χ3n) is 3.93. The van der Waals surface area contributed by atoms with Crippen molar-refractivity contribution in [2.45, 2.75) is 38.2 Å². The van der Waals surface area contributed by atoms with E-state index in [1.807, 2.05) is 5.38 Å². The van der Waals surface area contributed by atoms with Crippen molar-refractivity contribution < 1.29 is 14.7 Å². The van der Waals surface area contributed by atoms with E-state index in [0.717, 1.165) is 25.8 Å². The lowest BCUT2D eigenvalue weighted by Gasteiger charge is -2.29. The van der Waals surface area contributed by atoms with Gasteiger partial charge < -0.3 is 10.0 Å². The van der Waals surface area contributed by atoms with E-state index in [1.54, 1.807) is 9.80 Å². The molecule has 1 atom stereocenters. The van der Waals surface area contributed by atoms with Crippen LogP contribution in [0.2, 0.25) is 0 Å². The van der Waals surface area contributed by atoms with Gasteiger partial charge in [-0.2, -0.15) is 0 Å². The molecule has 0 spiro atoms. The Morgan fingerprint density at radius 1 is 1.43 bits per heavy atom. The van der Waals surface area contributed by atoms with E-state index in [-0.39, 0.29) is 18.2 Å². The highest BCUT2D eigenvalue weighted by molar-refractivity contribution is 7.14. The molecule has 2 saturated heterocycles. The van der Waals surface area contributed by atoms with Crippen molar-refractivity contribution >= 4 is 28.3 Å². The minimum atomic E-state index is -0.407. The fraction of sp³-hybridized carbons (Fsp3) is 0.643. The fourth-order valence-electron chi connectivity index (χ4n) is 2.80. The Kier molecular flexibility index (Phi) is 4.21. The summed E-state index contributed by atoms with van der Waals surface area (Å²) >= 11 is 1.41. The molecule has 0 aliphatic carbocycles. The van der Waals surface area contributed by atoms with E-state index in [1.165, 1.54) is 11.3 Å². The van der Waals surface area contributed by atoms with Gasteiger partial charge >= 0.3 is 0 Å². The Hall–Kier alpha value is -1.47. The molecule has 0 radical (unpaired) electrons. The zero-order valence-corrected chi connectivity index (χ0v) is 12.6. The maximum absolute atomic E-state index is 12.2. The van der Waals surface area contributed by atoms with Gasteiger partial charge in [-0.25, -0.2) is 4.98 Å². The fourth-order valence-corrected chi connectivity index (χ4v) is 3.67. The minimum absolute atomic E-state index is 0.00153. The van der Waals surface area contributed by atoms with Gasteiger partial charge in [0.05, 0.1) is 18.2 Å². The van der Waals surface area contributed by atoms with E-state index in [0.29, 0.717) is 30.3 Å². The summed E-state index contributed by atoms with van der Waals surface area (Å²) in [5.41, 5.74) is 0.708. The molecule has 21 heavy (non-hydrogen) atoms. The van der Waals surface area contributed by atoms with E-state index < -0.39 is 6.10 Å². The SMILES string of the molecule is O=C(Cc1csc(N2CCCC2=O)n1)N1CCCC(O)C1. The third-order valence-corrected chi connectivity index (χ3v) is 4.84. The van der Waals surface area contributed by atoms with Gasteiger partial charge in [-0.1, -0.05) is 0 Å². The second kappa shape index (κ2) is 6.11. The third kappa shape index (κ3) is 3.24. The van der Waals surface area contributed by atoms with Crippen molar-refractivity contribution in [3.63, 3.8) is 0 Å². The molecule has 114 valence electrons. The number of hydrogen-bond acceptors (Lipinski definition) is 5. The molecule has 1 aromatic heterocycles. The molecular formula is C14H19N3O3S. The summed E-state index contributed by atoms with van der Waals surface area (Å²) in [5.74, 6) is 0.111. The first-order valence-electron chi connectivity index (χ1n) is 7.34. The van der Waals surface area contributed by atoms with Crippen LogP contribution in [0.15, 0.2) is 5.38 Å². The molecular weight excluding hydrogens is 290 g/mol. The number of carbonyl (C=O) groups is 2. The molecule has 2 amide bonds. The minimum Gasteiger partial charge on any atom is -0.391 e. The number of nitrogens with zero attached hydrogens (tertiary/aromatic N) is 3. The second-order valence-corrected chi connectivity index (χ2v) is 6.42. The predicted molar refractivity (Wildman–Crippen MR) is 79.2 cm³/mol. The quantitative estimate of drug-likeness (QED) is 0.896. The lowest BCUT2D eigenvalue weighted by molar-refractivity contribution is -0.133. The Morgan fingerprint density at radius 3 is 3.00 bits per heavy atom. The standard InChI is InChI=1S/C14H19N3O3S/c18-11-3-1-5-16(8-11)13(20)7-10-9-21-14(15-10)17-6-2-4-12(17)19/h9,11,18H,1-8H2. The van der Waals surface area contributed by atoms with Crippen molar-refractivity contribution in [2.24, 2.45) is 0 Å². The van der Waals surface area contributed by atoms with E-state index in [4.69, 9.17) is 0 Å². The van der Waals surface area contributed by atoms with Crippen LogP contribution in [0, 0.1) is 0 Å². The molecule has 3 heterocycles. The molecule has 1 unspecified atom stereocenters. The highest BCUT2D eigenvalue weighted by atomic mass is 32.1. The predicted octanol–water partition coefficient (Wildman–Crippen LogP) is 0.796. The van der Waals surface area contributed by atoms with Crippen LogP contribution in [0.1, 0.15) is 31.4 Å². The Bertz CT molecular complexity index is 545. The van der Waals surface area contributed by atoms with E-state index in [2.05, 4.69) is 4.98 Å². The van der Waals surface area contributed by atoms with Crippen LogP contribution in [0.5, 0.6) is 0 Å². The Balaban J connectivity index is 1.61. The van der Waals surface area contributed by atoms with Crippen molar-refractivity contribution in [3.8, 4) is 0 Å². The number of aliphatic hydroxyl groups excluding tert-OH is 1. The lowest BCUT2D eigenvalue weighted by atomic mass is 10.1. The number of rotatable bonds is 3. The average molecular weight is 309 g/mol. The molecule has 7 heteroatoms. The normalized spacial score (nSPS) is 22.9. The number of anilines is 1. The maximum Gasteiger partial charge on any atom is 0.228 e. The summed E-state index contributed by atoms with van der Waals surface area (Å²) in [6.07, 6.45) is 2.90. The van der Waals surface area contributed by atoms with Gasteiger partial charge in [-0.3, -0.25) is 14.5 Å². The maximum atomic E-state index is 12.2. The second-order valence-electron chi connectivity index (χ2n) is 5.58. The first-order chi connectivity index (χ1) is 10.1. The zero-order valence-electron chi connectivity index (χ0n) is 11.8. The van der Waals surface area contributed by atoms with Crippen LogP contribution in [-0.2, 0) is 16.0 Å². The summed E-state index contributed by atoms with van der Waals surface area (Å²) in [6.45, 7) is 1.84. The van der Waals surface area contributed by atoms with Crippen LogP contribution in [0.4, 0.5) is 5.13 Å². The van der Waals surface area contributed by atoms with Crippen LogP contribution < -0.4 is 4.90 Å². The molecule has 2 aliphatic heterocycles. The summed E-state index contributed by atoms with van der Waals surface area (Å²) < 4.78 is 0. The van der Waals surface area contributed by atoms with Crippen LogP contribution >= 0.6 is 11.3 Å². The largest absolute Gasteiger partial charge is 0.391 e. The van der Waals surface area contributed by atoms with Gasteiger partial charge in [0.25, 0.3) is 0 Å². The molecule has 6 nitrogen and oxygen atoms in total. The van der Waals surface area contributed by atoms with Crippen LogP contribution in [0.3, 0.4) is 0 Å². The van der Waals surface area contributed by atoms with Crippen LogP contribution in [-0.4, -0.2) is 52.5 Å². The van der Waals surface area contributed by atoms with Gasteiger partial charge in [0.1, 0.15) is 0 Å². The molecule has 0 saturated carbocycles. The number of piperidine rings is 1. The molecule has 1 aromatic rings. The number of β-amino-alcohol motifs (C(OH)–C–C–N with tert-alkyl or cyclic N) is 1. The van der Waals surface area contributed by atoms with E-state index in [9.17, 15) is 14.7 Å². The van der Waals surface area contributed by atoms with Crippen molar-refractivity contribution in [1.29, 1.82) is 0 Å². The number of aliphatic hydroxyl groups is 1. The lowest BCUT2D eigenvalue weighted by Crippen LogP contribution is -2.42. The molecule has 2 aliphatic rings. The first-order valence-corrected chi connectivity index (χ1v) is 8.22. The smallest absolute Gasteiger partial charge is 0.228 e. The average Bonchev–Trinajstić information content (AvgIpc) is 3.07. The summed E-state index contributed by atoms with van der Waals surface area (Å²) in [4.78, 5) is 31.7. The topological polar surface area (TPSA) is 73.7 Å². The number of amides is 2. The summed E-state index contributed by atoms with van der Waals surface area (Å²) in [7, 11) is 0. The van der Waals surface area contributed by atoms with Crippen molar-refractivity contribution in [3.05, 3.63) is 11.1 Å². The highest BCUT2D eigenvalue weighted by Gasteiger charge is 2.26. The highest BCUT2D eigenvalue weighted by Crippen LogP contribution is 2.25. The summed E-state index contributed by atoms with van der Waals surface area (Å²) in [6, 6.07) is 0. The van der Waals surface area contributed by atoms with Gasteiger partial charge in [-0.15, -0.1) is 11.3 Å². The van der Waals surface area contributed by atoms with Crippen molar-refractivity contribution in [2.75, 3.05) is 24.5 Å². The number of carbonyl (C=O) groups excluding carboxylic acids is 2. The van der Waals surface area contributed by atoms with Crippen LogP contribution in [0.25, 0.3) is 0 Å². The molecule has 1 N–H and O–H groups in total. The van der Waals surface area contributed by atoms with Gasteiger partial charge in [0.15, 0.2) is 5.13 Å². The molecule has 0 bridgehead atoms. The first kappa shape index (κ1) is 14.5. The van der Waals surface area contributed by atoms with E-state index >= 15 is 0 Å². The molecule has 3 rings (SSSR count). The molecule has 2 fully saturated rings. The van der Waals surface area contributed by atoms with Gasteiger partial charge in [0.2, 0.25) is 11.8 Å².